The van der Waals surface area contributed by atoms with Crippen LogP contribution in [-0.2, 0) is 22.2 Å². The van der Waals surface area contributed by atoms with E-state index in [9.17, 15) is 22.8 Å². The van der Waals surface area contributed by atoms with Crippen LogP contribution < -0.4 is 4.90 Å². The summed E-state index contributed by atoms with van der Waals surface area (Å²) >= 11 is 0. The van der Waals surface area contributed by atoms with Gasteiger partial charge in [-0.3, -0.25) is 9.59 Å². The van der Waals surface area contributed by atoms with Crippen molar-refractivity contribution in [3.05, 3.63) is 29.3 Å². The molecule has 0 bridgehead atoms. The van der Waals surface area contributed by atoms with E-state index in [1.165, 1.54) is 6.07 Å². The molecule has 4 rings (SSSR count). The molecule has 1 aromatic carbocycles. The number of carbonyl (C=O) groups excluding carboxylic acids is 2. The Labute approximate surface area is 156 Å². The topological polar surface area (TPSA) is 40.6 Å². The quantitative estimate of drug-likeness (QED) is 0.784. The molecule has 1 unspecified atom stereocenters. The highest BCUT2D eigenvalue weighted by Crippen LogP contribution is 2.37. The number of likely N-dealkylation sites (tertiary alicyclic amines) is 1. The summed E-state index contributed by atoms with van der Waals surface area (Å²) in [6.45, 7) is 0.931. The predicted molar refractivity (Wildman–Crippen MR) is 94.2 cm³/mol. The van der Waals surface area contributed by atoms with E-state index in [-0.39, 0.29) is 24.3 Å². The molecule has 0 N–H and O–H groups in total. The highest BCUT2D eigenvalue weighted by Gasteiger charge is 2.41. The van der Waals surface area contributed by atoms with Crippen LogP contribution in [0.5, 0.6) is 0 Å². The molecule has 2 heterocycles. The number of hydrogen-bond acceptors (Lipinski definition) is 2. The SMILES string of the molecule is O=C(C1CC(=O)N(C2CCCC2)C1)N1CCCc2cc(C(F)(F)F)ccc21. The number of anilines is 1. The van der Waals surface area contributed by atoms with E-state index in [4.69, 9.17) is 0 Å². The molecule has 1 aliphatic carbocycles. The second-order valence-corrected chi connectivity index (χ2v) is 7.82. The fourth-order valence-electron chi connectivity index (χ4n) is 4.69. The average molecular weight is 380 g/mol. The standard InChI is InChI=1S/C20H23F3N2O2/c21-20(22,23)15-7-8-17-13(10-15)4-3-9-24(17)19(27)14-11-18(26)25(12-14)16-5-1-2-6-16/h7-8,10,14,16H,1-6,9,11-12H2. The van der Waals surface area contributed by atoms with Crippen molar-refractivity contribution < 1.29 is 22.8 Å². The molecule has 2 fully saturated rings. The number of hydrogen-bond donors (Lipinski definition) is 0. The minimum absolute atomic E-state index is 0.0323. The molecular weight excluding hydrogens is 357 g/mol. The zero-order valence-electron chi connectivity index (χ0n) is 15.1. The summed E-state index contributed by atoms with van der Waals surface area (Å²) in [5, 5.41) is 0. The van der Waals surface area contributed by atoms with Gasteiger partial charge in [-0.05, 0) is 49.4 Å². The lowest BCUT2D eigenvalue weighted by Gasteiger charge is -2.32. The summed E-state index contributed by atoms with van der Waals surface area (Å²) < 4.78 is 38.9. The van der Waals surface area contributed by atoms with Crippen LogP contribution in [0.1, 0.15) is 49.7 Å². The average Bonchev–Trinajstić information content (AvgIpc) is 3.28. The van der Waals surface area contributed by atoms with E-state index in [0.29, 0.717) is 37.2 Å². The summed E-state index contributed by atoms with van der Waals surface area (Å²) in [6, 6.07) is 3.84. The van der Waals surface area contributed by atoms with Crippen molar-refractivity contribution in [3.8, 4) is 0 Å². The monoisotopic (exact) mass is 380 g/mol. The van der Waals surface area contributed by atoms with Gasteiger partial charge in [-0.2, -0.15) is 13.2 Å². The number of alkyl halides is 3. The maximum absolute atomic E-state index is 13.1. The molecule has 7 heteroatoms. The van der Waals surface area contributed by atoms with Crippen LogP contribution in [0.25, 0.3) is 0 Å². The van der Waals surface area contributed by atoms with E-state index in [1.807, 2.05) is 4.90 Å². The lowest BCUT2D eigenvalue weighted by molar-refractivity contribution is -0.137. The number of halogens is 3. The van der Waals surface area contributed by atoms with Gasteiger partial charge in [0.15, 0.2) is 0 Å². The Balaban J connectivity index is 1.53. The van der Waals surface area contributed by atoms with Gasteiger partial charge in [0.1, 0.15) is 0 Å². The third-order valence-corrected chi connectivity index (χ3v) is 6.06. The van der Waals surface area contributed by atoms with Crippen LogP contribution >= 0.6 is 0 Å². The molecule has 3 aliphatic rings. The molecule has 27 heavy (non-hydrogen) atoms. The first-order chi connectivity index (χ1) is 12.8. The third-order valence-electron chi connectivity index (χ3n) is 6.06. The molecule has 1 saturated carbocycles. The number of nitrogens with zero attached hydrogens (tertiary/aromatic N) is 2. The number of fused-ring (bicyclic) bond motifs is 1. The Kier molecular flexibility index (Phi) is 4.64. The van der Waals surface area contributed by atoms with Gasteiger partial charge in [-0.1, -0.05) is 12.8 Å². The lowest BCUT2D eigenvalue weighted by Crippen LogP contribution is -2.41. The van der Waals surface area contributed by atoms with Crippen LogP contribution in [0.4, 0.5) is 18.9 Å². The minimum atomic E-state index is -4.39. The van der Waals surface area contributed by atoms with Gasteiger partial charge in [-0.25, -0.2) is 0 Å². The van der Waals surface area contributed by atoms with E-state index in [0.717, 1.165) is 37.8 Å². The molecule has 0 radical (unpaired) electrons. The number of rotatable bonds is 2. The second-order valence-electron chi connectivity index (χ2n) is 7.82. The summed E-state index contributed by atoms with van der Waals surface area (Å²) in [6.07, 6.45) is 1.22. The first kappa shape index (κ1) is 18.3. The fraction of sp³-hybridized carbons (Fsp3) is 0.600. The van der Waals surface area contributed by atoms with Crippen LogP contribution in [0.2, 0.25) is 0 Å². The van der Waals surface area contributed by atoms with Crippen LogP contribution in [0.15, 0.2) is 18.2 Å². The van der Waals surface area contributed by atoms with E-state index < -0.39 is 17.7 Å². The Bertz CT molecular complexity index is 756. The number of amides is 2. The normalized spacial score (nSPS) is 23.8. The third kappa shape index (κ3) is 3.44. The zero-order valence-corrected chi connectivity index (χ0v) is 15.1. The Morgan fingerprint density at radius 2 is 1.85 bits per heavy atom. The van der Waals surface area contributed by atoms with Gasteiger partial charge in [0.25, 0.3) is 0 Å². The Hall–Kier alpha value is -2.05. The van der Waals surface area contributed by atoms with Gasteiger partial charge >= 0.3 is 6.18 Å². The van der Waals surface area contributed by atoms with Crippen molar-refractivity contribution in [2.45, 2.75) is 57.2 Å². The molecule has 0 spiro atoms. The van der Waals surface area contributed by atoms with Gasteiger partial charge in [0, 0.05) is 31.2 Å². The minimum Gasteiger partial charge on any atom is -0.339 e. The van der Waals surface area contributed by atoms with Gasteiger partial charge in [0.2, 0.25) is 11.8 Å². The Morgan fingerprint density at radius 1 is 1.11 bits per heavy atom. The fourth-order valence-corrected chi connectivity index (χ4v) is 4.69. The highest BCUT2D eigenvalue weighted by molar-refractivity contribution is 6.00. The van der Waals surface area contributed by atoms with Crippen molar-refractivity contribution in [3.63, 3.8) is 0 Å². The van der Waals surface area contributed by atoms with E-state index >= 15 is 0 Å². The van der Waals surface area contributed by atoms with Crippen molar-refractivity contribution in [2.24, 2.45) is 5.92 Å². The van der Waals surface area contributed by atoms with Crippen LogP contribution in [-0.4, -0.2) is 35.8 Å². The number of benzene rings is 1. The molecule has 2 aliphatic heterocycles. The van der Waals surface area contributed by atoms with Crippen LogP contribution in [0, 0.1) is 5.92 Å². The first-order valence-corrected chi connectivity index (χ1v) is 9.65. The molecule has 1 atom stereocenters. The molecule has 0 aromatic heterocycles. The predicted octanol–water partition coefficient (Wildman–Crippen LogP) is 3.78. The second kappa shape index (κ2) is 6.84. The molecule has 4 nitrogen and oxygen atoms in total. The Morgan fingerprint density at radius 3 is 2.56 bits per heavy atom. The maximum atomic E-state index is 13.1. The van der Waals surface area contributed by atoms with Gasteiger partial charge in [0.05, 0.1) is 11.5 Å². The molecule has 1 saturated heterocycles. The number of aryl methyl sites for hydroxylation is 1. The van der Waals surface area contributed by atoms with Crippen molar-refractivity contribution in [1.82, 2.24) is 4.90 Å². The molecular formula is C20H23F3N2O2. The lowest BCUT2D eigenvalue weighted by atomic mass is 9.97. The molecule has 2 amide bonds. The summed E-state index contributed by atoms with van der Waals surface area (Å²) in [5.74, 6) is -0.499. The first-order valence-electron chi connectivity index (χ1n) is 9.65. The van der Waals surface area contributed by atoms with Gasteiger partial charge in [-0.15, -0.1) is 0 Å². The van der Waals surface area contributed by atoms with Crippen molar-refractivity contribution in [2.75, 3.05) is 18.0 Å². The van der Waals surface area contributed by atoms with Gasteiger partial charge < -0.3 is 9.80 Å². The summed E-state index contributed by atoms with van der Waals surface area (Å²) in [7, 11) is 0. The van der Waals surface area contributed by atoms with Crippen molar-refractivity contribution >= 4 is 17.5 Å². The molecule has 146 valence electrons. The zero-order chi connectivity index (χ0) is 19.2. The highest BCUT2D eigenvalue weighted by atomic mass is 19.4. The van der Waals surface area contributed by atoms with Crippen molar-refractivity contribution in [1.29, 1.82) is 0 Å². The number of carbonyl (C=O) groups is 2. The summed E-state index contributed by atoms with van der Waals surface area (Å²) in [5.41, 5.74) is 0.436. The maximum Gasteiger partial charge on any atom is 0.416 e. The summed E-state index contributed by atoms with van der Waals surface area (Å²) in [4.78, 5) is 28.9. The van der Waals surface area contributed by atoms with Crippen LogP contribution in [0.3, 0.4) is 0 Å². The van der Waals surface area contributed by atoms with E-state index in [2.05, 4.69) is 0 Å². The van der Waals surface area contributed by atoms with E-state index in [1.54, 1.807) is 4.90 Å². The smallest absolute Gasteiger partial charge is 0.339 e. The molecule has 1 aromatic rings. The largest absolute Gasteiger partial charge is 0.416 e.